The molecule has 1 N–H and O–H groups in total. The maximum Gasteiger partial charge on any atom is 0.416 e. The number of pyridine rings is 1. The Morgan fingerprint density at radius 3 is 2.45 bits per heavy atom. The van der Waals surface area contributed by atoms with Crippen LogP contribution in [0.4, 0.5) is 13.2 Å². The minimum atomic E-state index is -4.56. The van der Waals surface area contributed by atoms with Gasteiger partial charge in [-0.25, -0.2) is 4.98 Å². The zero-order valence-electron chi connectivity index (χ0n) is 19.9. The zero-order chi connectivity index (χ0) is 27.0. The largest absolute Gasteiger partial charge is 0.503 e. The van der Waals surface area contributed by atoms with Crippen molar-refractivity contribution in [2.24, 2.45) is 0 Å². The van der Waals surface area contributed by atoms with Gasteiger partial charge in [0.05, 0.1) is 27.7 Å². The Labute approximate surface area is 219 Å². The minimum absolute atomic E-state index is 0.153. The van der Waals surface area contributed by atoms with E-state index in [-0.39, 0.29) is 22.6 Å². The summed E-state index contributed by atoms with van der Waals surface area (Å²) in [4.78, 5) is 37.0. The van der Waals surface area contributed by atoms with Gasteiger partial charge in [-0.05, 0) is 42.3 Å². The van der Waals surface area contributed by atoms with Crippen molar-refractivity contribution in [3.05, 3.63) is 118 Å². The molecule has 1 unspecified atom stereocenters. The Bertz CT molecular complexity index is 1550. The lowest BCUT2D eigenvalue weighted by atomic mass is 9.95. The van der Waals surface area contributed by atoms with Crippen LogP contribution >= 0.6 is 11.3 Å². The topological polar surface area (TPSA) is 83.4 Å². The number of thiazole rings is 1. The van der Waals surface area contributed by atoms with Crippen LogP contribution < -0.4 is 0 Å². The van der Waals surface area contributed by atoms with Gasteiger partial charge in [-0.15, -0.1) is 11.3 Å². The van der Waals surface area contributed by atoms with Crippen molar-refractivity contribution in [1.29, 1.82) is 0 Å². The second kappa shape index (κ2) is 9.86. The highest BCUT2D eigenvalue weighted by Crippen LogP contribution is 2.42. The SMILES string of the molecule is Cc1nc(-c2ccccc2)sc1C(=O)C1=C(O)C(=O)N(Cc2cccc(C(F)(F)F)c2)C1c1ccncc1. The van der Waals surface area contributed by atoms with Gasteiger partial charge in [0.25, 0.3) is 5.91 Å². The Morgan fingerprint density at radius 2 is 1.76 bits per heavy atom. The van der Waals surface area contributed by atoms with Crippen LogP contribution in [0.5, 0.6) is 0 Å². The third-order valence-corrected chi connectivity index (χ3v) is 7.41. The third kappa shape index (κ3) is 4.70. The van der Waals surface area contributed by atoms with Crippen LogP contribution in [-0.4, -0.2) is 31.7 Å². The Hall–Kier alpha value is -4.31. The fourth-order valence-electron chi connectivity index (χ4n) is 4.42. The fraction of sp³-hybridized carbons (Fsp3) is 0.143. The number of ketones is 1. The van der Waals surface area contributed by atoms with Crippen LogP contribution in [0.1, 0.15) is 38.1 Å². The standard InChI is InChI=1S/C28H20F3N3O3S/c1-16-25(38-26(33-16)19-7-3-2-4-8-19)23(35)21-22(18-10-12-32-13-11-18)34(27(37)24(21)36)15-17-6-5-9-20(14-17)28(29,30)31/h2-14,22,36H,15H2,1H3. The van der Waals surface area contributed by atoms with Gasteiger partial charge in [0, 0.05) is 24.5 Å². The summed E-state index contributed by atoms with van der Waals surface area (Å²) >= 11 is 1.14. The van der Waals surface area contributed by atoms with Gasteiger partial charge in [0.1, 0.15) is 5.01 Å². The highest BCUT2D eigenvalue weighted by atomic mass is 32.1. The number of aliphatic hydroxyl groups is 1. The van der Waals surface area contributed by atoms with Crippen LogP contribution in [0.25, 0.3) is 10.6 Å². The molecule has 1 aliphatic rings. The summed E-state index contributed by atoms with van der Waals surface area (Å²) in [7, 11) is 0. The number of hydrogen-bond acceptors (Lipinski definition) is 6. The lowest BCUT2D eigenvalue weighted by molar-refractivity contribution is -0.137. The lowest BCUT2D eigenvalue weighted by Gasteiger charge is -2.27. The molecular formula is C28H20F3N3O3S. The molecular weight excluding hydrogens is 515 g/mol. The average Bonchev–Trinajstić information content (AvgIpc) is 3.42. The van der Waals surface area contributed by atoms with Gasteiger partial charge in [0.2, 0.25) is 5.78 Å². The first-order valence-electron chi connectivity index (χ1n) is 11.5. The molecule has 4 aromatic rings. The Balaban J connectivity index is 1.55. The van der Waals surface area contributed by atoms with E-state index in [0.29, 0.717) is 16.3 Å². The number of alkyl halides is 3. The number of carbonyl (C=O) groups is 2. The number of hydrogen-bond donors (Lipinski definition) is 1. The second-order valence-corrected chi connectivity index (χ2v) is 9.70. The number of halogens is 3. The fourth-order valence-corrected chi connectivity index (χ4v) is 5.44. The maximum absolute atomic E-state index is 13.8. The first kappa shape index (κ1) is 25.3. The lowest BCUT2D eigenvalue weighted by Crippen LogP contribution is -2.30. The molecule has 3 heterocycles. The van der Waals surface area contributed by atoms with E-state index in [1.165, 1.54) is 29.4 Å². The molecule has 1 atom stereocenters. The predicted octanol–water partition coefficient (Wildman–Crippen LogP) is 6.31. The van der Waals surface area contributed by atoms with Crippen LogP contribution in [-0.2, 0) is 17.5 Å². The molecule has 0 aliphatic carbocycles. The number of amides is 1. The summed E-state index contributed by atoms with van der Waals surface area (Å²) < 4.78 is 39.9. The van der Waals surface area contributed by atoms with Gasteiger partial charge in [0.15, 0.2) is 5.76 Å². The second-order valence-electron chi connectivity index (χ2n) is 8.71. The Kier molecular flexibility index (Phi) is 6.58. The zero-order valence-corrected chi connectivity index (χ0v) is 20.8. The summed E-state index contributed by atoms with van der Waals surface area (Å²) in [6.45, 7) is 1.42. The van der Waals surface area contributed by atoms with Crippen molar-refractivity contribution in [3.8, 4) is 10.6 Å². The number of carbonyl (C=O) groups excluding carboxylic acids is 2. The Morgan fingerprint density at radius 1 is 1.05 bits per heavy atom. The number of aliphatic hydroxyl groups excluding tert-OH is 1. The molecule has 6 nitrogen and oxygen atoms in total. The van der Waals surface area contributed by atoms with E-state index in [9.17, 15) is 27.9 Å². The molecule has 5 rings (SSSR count). The summed E-state index contributed by atoms with van der Waals surface area (Å²) in [6.07, 6.45) is -1.60. The molecule has 10 heteroatoms. The number of nitrogens with zero attached hydrogens (tertiary/aromatic N) is 3. The number of aromatic nitrogens is 2. The quantitative estimate of drug-likeness (QED) is 0.293. The highest BCUT2D eigenvalue weighted by Gasteiger charge is 2.44. The van der Waals surface area contributed by atoms with E-state index < -0.39 is 35.2 Å². The van der Waals surface area contributed by atoms with E-state index in [0.717, 1.165) is 29.0 Å². The van der Waals surface area contributed by atoms with Gasteiger partial charge >= 0.3 is 6.18 Å². The molecule has 0 saturated heterocycles. The van der Waals surface area contributed by atoms with E-state index in [1.807, 2.05) is 30.3 Å². The third-order valence-electron chi connectivity index (χ3n) is 6.20. The summed E-state index contributed by atoms with van der Waals surface area (Å²) in [5.74, 6) is -2.16. The smallest absolute Gasteiger partial charge is 0.416 e. The summed E-state index contributed by atoms with van der Waals surface area (Å²) in [6, 6.07) is 16.0. The maximum atomic E-state index is 13.8. The highest BCUT2D eigenvalue weighted by molar-refractivity contribution is 7.17. The van der Waals surface area contributed by atoms with Crippen molar-refractivity contribution in [2.45, 2.75) is 25.7 Å². The van der Waals surface area contributed by atoms with Gasteiger partial charge in [-0.1, -0.05) is 42.5 Å². The normalized spacial score (nSPS) is 15.8. The number of aryl methyl sites for hydroxylation is 1. The minimum Gasteiger partial charge on any atom is -0.503 e. The van der Waals surface area contributed by atoms with Crippen molar-refractivity contribution in [1.82, 2.24) is 14.9 Å². The molecule has 38 heavy (non-hydrogen) atoms. The first-order valence-corrected chi connectivity index (χ1v) is 12.3. The van der Waals surface area contributed by atoms with Crippen molar-refractivity contribution in [2.75, 3.05) is 0 Å². The summed E-state index contributed by atoms with van der Waals surface area (Å²) in [5, 5.41) is 11.5. The van der Waals surface area contributed by atoms with Gasteiger partial charge in [-0.3, -0.25) is 14.6 Å². The first-order chi connectivity index (χ1) is 18.1. The molecule has 0 fully saturated rings. The van der Waals surface area contributed by atoms with Crippen molar-refractivity contribution in [3.63, 3.8) is 0 Å². The van der Waals surface area contributed by atoms with Crippen LogP contribution in [0.3, 0.4) is 0 Å². The molecule has 0 bridgehead atoms. The van der Waals surface area contributed by atoms with E-state index in [2.05, 4.69) is 9.97 Å². The van der Waals surface area contributed by atoms with Crippen molar-refractivity contribution >= 4 is 23.0 Å². The predicted molar refractivity (Wildman–Crippen MR) is 135 cm³/mol. The monoisotopic (exact) mass is 535 g/mol. The molecule has 0 saturated carbocycles. The van der Waals surface area contributed by atoms with Gasteiger partial charge < -0.3 is 10.0 Å². The van der Waals surface area contributed by atoms with E-state index >= 15 is 0 Å². The molecule has 1 aliphatic heterocycles. The number of rotatable bonds is 6. The molecule has 2 aromatic carbocycles. The number of benzene rings is 2. The molecule has 0 spiro atoms. The molecule has 1 amide bonds. The van der Waals surface area contributed by atoms with Crippen molar-refractivity contribution < 1.29 is 27.9 Å². The van der Waals surface area contributed by atoms with E-state index in [1.54, 1.807) is 19.1 Å². The molecule has 192 valence electrons. The molecule has 0 radical (unpaired) electrons. The summed E-state index contributed by atoms with van der Waals surface area (Å²) in [5.41, 5.74) is 0.935. The van der Waals surface area contributed by atoms with Crippen LogP contribution in [0, 0.1) is 6.92 Å². The van der Waals surface area contributed by atoms with E-state index in [4.69, 9.17) is 0 Å². The number of Topliss-reactive ketones (excluding diaryl/α,β-unsaturated/α-hetero) is 1. The van der Waals surface area contributed by atoms with Gasteiger partial charge in [-0.2, -0.15) is 13.2 Å². The van der Waals surface area contributed by atoms with Crippen LogP contribution in [0.15, 0.2) is 90.5 Å². The average molecular weight is 536 g/mol. The molecule has 2 aromatic heterocycles. The van der Waals surface area contributed by atoms with Crippen LogP contribution in [0.2, 0.25) is 0 Å².